The van der Waals surface area contributed by atoms with Crippen molar-refractivity contribution >= 4 is 34.9 Å². The Bertz CT molecular complexity index is 717. The summed E-state index contributed by atoms with van der Waals surface area (Å²) >= 11 is 0. The van der Waals surface area contributed by atoms with E-state index in [1.165, 1.54) is 12.1 Å². The number of carbonyl (C=O) groups excluding carboxylic acids is 1. The molecule has 1 amide bonds. The number of fused-ring (bicyclic) bond motifs is 1. The molecular formula is C13H16ClN5O3. The van der Waals surface area contributed by atoms with Crippen molar-refractivity contribution in [1.29, 1.82) is 0 Å². The number of nitrogens with two attached hydrogens (primary N) is 1. The zero-order chi connectivity index (χ0) is 15.0. The number of non-ortho nitro benzene ring substituents is 1. The first-order valence-corrected chi connectivity index (χ1v) is 6.73. The summed E-state index contributed by atoms with van der Waals surface area (Å²) in [5.74, 6) is -0.239. The molecule has 0 aliphatic carbocycles. The number of aromatic amines is 1. The number of likely N-dealkylation sites (tertiary alicyclic amines) is 1. The Balaban J connectivity index is 0.00000176. The first-order valence-electron chi connectivity index (χ1n) is 6.73. The predicted octanol–water partition coefficient (Wildman–Crippen LogP) is 1.46. The number of carbonyl (C=O) groups is 1. The van der Waals surface area contributed by atoms with Gasteiger partial charge in [0, 0.05) is 36.7 Å². The molecule has 0 radical (unpaired) electrons. The van der Waals surface area contributed by atoms with Crippen LogP contribution in [0.2, 0.25) is 0 Å². The van der Waals surface area contributed by atoms with Gasteiger partial charge in [-0.3, -0.25) is 20.0 Å². The highest BCUT2D eigenvalue weighted by atomic mass is 35.5. The van der Waals surface area contributed by atoms with Crippen molar-refractivity contribution in [2.45, 2.75) is 18.9 Å². The summed E-state index contributed by atoms with van der Waals surface area (Å²) in [5.41, 5.74) is 6.63. The number of hydrogen-bond acceptors (Lipinski definition) is 5. The average molecular weight is 326 g/mol. The van der Waals surface area contributed by atoms with E-state index in [-0.39, 0.29) is 35.7 Å². The fourth-order valence-electron chi connectivity index (χ4n) is 2.62. The number of piperidine rings is 1. The van der Waals surface area contributed by atoms with Crippen molar-refractivity contribution in [2.24, 2.45) is 5.73 Å². The van der Waals surface area contributed by atoms with Gasteiger partial charge in [0.25, 0.3) is 11.6 Å². The number of benzene rings is 1. The number of nitrogens with one attached hydrogen (secondary N) is 1. The van der Waals surface area contributed by atoms with Crippen LogP contribution >= 0.6 is 12.4 Å². The lowest BCUT2D eigenvalue weighted by Gasteiger charge is -2.30. The van der Waals surface area contributed by atoms with Gasteiger partial charge in [-0.15, -0.1) is 12.4 Å². The molecule has 1 fully saturated rings. The molecule has 2 heterocycles. The molecule has 0 spiro atoms. The van der Waals surface area contributed by atoms with Crippen LogP contribution in [-0.2, 0) is 0 Å². The number of aromatic nitrogens is 2. The van der Waals surface area contributed by atoms with E-state index in [4.69, 9.17) is 5.73 Å². The monoisotopic (exact) mass is 325 g/mol. The topological polar surface area (TPSA) is 118 Å². The van der Waals surface area contributed by atoms with E-state index in [0.29, 0.717) is 24.0 Å². The summed E-state index contributed by atoms with van der Waals surface area (Å²) < 4.78 is 0. The van der Waals surface area contributed by atoms with Gasteiger partial charge in [-0.1, -0.05) is 0 Å². The van der Waals surface area contributed by atoms with Gasteiger partial charge in [0.05, 0.1) is 10.4 Å². The Labute approximate surface area is 132 Å². The molecular weight excluding hydrogens is 310 g/mol. The molecule has 9 heteroatoms. The van der Waals surface area contributed by atoms with Crippen LogP contribution in [0.1, 0.15) is 23.3 Å². The normalized spacial score (nSPS) is 18.0. The maximum Gasteiger partial charge on any atom is 0.275 e. The lowest BCUT2D eigenvalue weighted by Crippen LogP contribution is -2.45. The van der Waals surface area contributed by atoms with Crippen LogP contribution in [0.5, 0.6) is 0 Å². The van der Waals surface area contributed by atoms with Crippen molar-refractivity contribution in [3.63, 3.8) is 0 Å². The second-order valence-corrected chi connectivity index (χ2v) is 5.21. The number of H-pyrrole nitrogens is 1. The van der Waals surface area contributed by atoms with Gasteiger partial charge in [0.15, 0.2) is 5.69 Å². The van der Waals surface area contributed by atoms with Crippen molar-refractivity contribution in [2.75, 3.05) is 13.1 Å². The Morgan fingerprint density at radius 3 is 2.95 bits per heavy atom. The van der Waals surface area contributed by atoms with Crippen molar-refractivity contribution < 1.29 is 9.72 Å². The number of nitro benzene ring substituents is 1. The van der Waals surface area contributed by atoms with E-state index in [0.717, 1.165) is 12.8 Å². The van der Waals surface area contributed by atoms with Crippen LogP contribution in [0, 0.1) is 10.1 Å². The Morgan fingerprint density at radius 2 is 2.27 bits per heavy atom. The highest BCUT2D eigenvalue weighted by Crippen LogP contribution is 2.23. The van der Waals surface area contributed by atoms with Crippen molar-refractivity contribution in [1.82, 2.24) is 15.1 Å². The highest BCUT2D eigenvalue weighted by Gasteiger charge is 2.26. The number of hydrogen-bond donors (Lipinski definition) is 2. The number of nitro groups is 1. The third-order valence-electron chi connectivity index (χ3n) is 3.70. The minimum atomic E-state index is -0.489. The van der Waals surface area contributed by atoms with Crippen LogP contribution in [0.25, 0.3) is 10.9 Å². The lowest BCUT2D eigenvalue weighted by molar-refractivity contribution is -0.384. The van der Waals surface area contributed by atoms with Gasteiger partial charge in [0.2, 0.25) is 0 Å². The summed E-state index contributed by atoms with van der Waals surface area (Å²) in [4.78, 5) is 24.5. The standard InChI is InChI=1S/C13H15N5O3.ClH/c14-8-2-1-5-17(7-8)13(19)12-10-6-9(18(20)21)3-4-11(10)15-16-12;/h3-4,6,8H,1-2,5,7,14H2,(H,15,16);1H. The quantitative estimate of drug-likeness (QED) is 0.640. The summed E-state index contributed by atoms with van der Waals surface area (Å²) in [7, 11) is 0. The zero-order valence-electron chi connectivity index (χ0n) is 11.7. The second kappa shape index (κ2) is 6.29. The van der Waals surface area contributed by atoms with Crippen molar-refractivity contribution in [3.8, 4) is 0 Å². The molecule has 3 N–H and O–H groups in total. The molecule has 1 aromatic carbocycles. The van der Waals surface area contributed by atoms with Crippen LogP contribution in [0.15, 0.2) is 18.2 Å². The second-order valence-electron chi connectivity index (χ2n) is 5.21. The molecule has 22 heavy (non-hydrogen) atoms. The summed E-state index contributed by atoms with van der Waals surface area (Å²) in [6.45, 7) is 1.12. The molecule has 3 rings (SSSR count). The number of rotatable bonds is 2. The summed E-state index contributed by atoms with van der Waals surface area (Å²) in [6.07, 6.45) is 1.76. The molecule has 1 aromatic heterocycles. The third-order valence-corrected chi connectivity index (χ3v) is 3.70. The highest BCUT2D eigenvalue weighted by molar-refractivity contribution is 6.05. The maximum atomic E-state index is 12.5. The number of amides is 1. The predicted molar refractivity (Wildman–Crippen MR) is 83.1 cm³/mol. The Kier molecular flexibility index (Phi) is 4.62. The van der Waals surface area contributed by atoms with Crippen LogP contribution < -0.4 is 5.73 Å². The fraction of sp³-hybridized carbons (Fsp3) is 0.385. The van der Waals surface area contributed by atoms with E-state index in [2.05, 4.69) is 10.2 Å². The first-order chi connectivity index (χ1) is 10.1. The summed E-state index contributed by atoms with van der Waals surface area (Å²) in [5, 5.41) is 18.1. The van der Waals surface area contributed by atoms with Gasteiger partial charge >= 0.3 is 0 Å². The molecule has 0 bridgehead atoms. The molecule has 1 atom stereocenters. The van der Waals surface area contributed by atoms with Crippen molar-refractivity contribution in [3.05, 3.63) is 34.0 Å². The zero-order valence-corrected chi connectivity index (χ0v) is 12.5. The van der Waals surface area contributed by atoms with E-state index in [1.807, 2.05) is 0 Å². The van der Waals surface area contributed by atoms with E-state index >= 15 is 0 Å². The van der Waals surface area contributed by atoms with Gasteiger partial charge in [-0.05, 0) is 18.9 Å². The fourth-order valence-corrected chi connectivity index (χ4v) is 2.62. The van der Waals surface area contributed by atoms with Gasteiger partial charge in [-0.2, -0.15) is 5.10 Å². The lowest BCUT2D eigenvalue weighted by atomic mass is 10.1. The molecule has 1 aliphatic heterocycles. The molecule has 0 saturated carbocycles. The molecule has 8 nitrogen and oxygen atoms in total. The van der Waals surface area contributed by atoms with Crippen LogP contribution in [-0.4, -0.2) is 45.1 Å². The SMILES string of the molecule is Cl.NC1CCCN(C(=O)c2n[nH]c3ccc([N+](=O)[O-])cc23)C1. The minimum absolute atomic E-state index is 0. The first kappa shape index (κ1) is 16.2. The minimum Gasteiger partial charge on any atom is -0.336 e. The van der Waals surface area contributed by atoms with E-state index < -0.39 is 4.92 Å². The Morgan fingerprint density at radius 1 is 1.50 bits per heavy atom. The molecule has 1 unspecified atom stereocenters. The van der Waals surface area contributed by atoms with E-state index in [1.54, 1.807) is 11.0 Å². The van der Waals surface area contributed by atoms with E-state index in [9.17, 15) is 14.9 Å². The molecule has 1 saturated heterocycles. The van der Waals surface area contributed by atoms with Gasteiger partial charge in [0.1, 0.15) is 0 Å². The largest absolute Gasteiger partial charge is 0.336 e. The number of nitrogens with zero attached hydrogens (tertiary/aromatic N) is 3. The Hall–Kier alpha value is -2.19. The molecule has 1 aliphatic rings. The number of halogens is 1. The molecule has 2 aromatic rings. The van der Waals surface area contributed by atoms with Crippen LogP contribution in [0.3, 0.4) is 0 Å². The average Bonchev–Trinajstić information content (AvgIpc) is 2.89. The molecule has 118 valence electrons. The maximum absolute atomic E-state index is 12.5. The third kappa shape index (κ3) is 2.88. The summed E-state index contributed by atoms with van der Waals surface area (Å²) in [6, 6.07) is 4.28. The van der Waals surface area contributed by atoms with Gasteiger partial charge in [-0.25, -0.2) is 0 Å². The smallest absolute Gasteiger partial charge is 0.275 e. The van der Waals surface area contributed by atoms with Gasteiger partial charge < -0.3 is 10.6 Å². The van der Waals surface area contributed by atoms with Crippen LogP contribution in [0.4, 0.5) is 5.69 Å².